The van der Waals surface area contributed by atoms with Crippen molar-refractivity contribution in [2.45, 2.75) is 38.5 Å². The number of carbonyl (C=O) groups is 2. The molecule has 2 aliphatic heterocycles. The van der Waals surface area contributed by atoms with Crippen molar-refractivity contribution in [1.29, 1.82) is 0 Å². The summed E-state index contributed by atoms with van der Waals surface area (Å²) in [6.07, 6.45) is 1.73. The molecule has 2 heterocycles. The van der Waals surface area contributed by atoms with Gasteiger partial charge in [-0.3, -0.25) is 9.59 Å². The van der Waals surface area contributed by atoms with E-state index in [1.807, 2.05) is 56.3 Å². The zero-order valence-corrected chi connectivity index (χ0v) is 15.9. The zero-order valence-electron chi connectivity index (χ0n) is 14.3. The van der Waals surface area contributed by atoms with E-state index in [1.165, 1.54) is 0 Å². The number of para-hydroxylation sites is 1. The maximum absolute atomic E-state index is 11.4. The predicted molar refractivity (Wildman–Crippen MR) is 104 cm³/mol. The fourth-order valence-electron chi connectivity index (χ4n) is 3.38. The van der Waals surface area contributed by atoms with Crippen molar-refractivity contribution >= 4 is 39.1 Å². The Balaban J connectivity index is 0.000000146. The van der Waals surface area contributed by atoms with Crippen LogP contribution in [0.25, 0.3) is 0 Å². The first kappa shape index (κ1) is 17.7. The SMILES string of the molecule is CCC1C(=O)Nc2ccc(Br)cc21.CCC1C(=O)Nc2ccccc21. The molecule has 2 amide bonds. The molecule has 0 radical (unpaired) electrons. The summed E-state index contributed by atoms with van der Waals surface area (Å²) in [4.78, 5) is 22.8. The van der Waals surface area contributed by atoms with Crippen molar-refractivity contribution in [3.8, 4) is 0 Å². The van der Waals surface area contributed by atoms with Crippen LogP contribution < -0.4 is 10.6 Å². The van der Waals surface area contributed by atoms with Crippen LogP contribution in [0.2, 0.25) is 0 Å². The minimum atomic E-state index is 0.0347. The number of amides is 2. The summed E-state index contributed by atoms with van der Waals surface area (Å²) in [6.45, 7) is 4.06. The topological polar surface area (TPSA) is 58.2 Å². The molecule has 0 saturated heterocycles. The van der Waals surface area contributed by atoms with Crippen LogP contribution in [0.1, 0.15) is 49.7 Å². The van der Waals surface area contributed by atoms with E-state index >= 15 is 0 Å². The lowest BCUT2D eigenvalue weighted by atomic mass is 9.98. The van der Waals surface area contributed by atoms with Gasteiger partial charge in [-0.2, -0.15) is 0 Å². The minimum absolute atomic E-state index is 0.0347. The fraction of sp³-hybridized carbons (Fsp3) is 0.300. The van der Waals surface area contributed by atoms with Gasteiger partial charge in [0.25, 0.3) is 0 Å². The average molecular weight is 401 g/mol. The Bertz CT molecular complexity index is 819. The second-order valence-electron chi connectivity index (χ2n) is 6.22. The van der Waals surface area contributed by atoms with Crippen LogP contribution in [0.4, 0.5) is 11.4 Å². The first-order valence-corrected chi connectivity index (χ1v) is 9.34. The summed E-state index contributed by atoms with van der Waals surface area (Å²) in [7, 11) is 0. The quantitative estimate of drug-likeness (QED) is 0.742. The molecule has 2 unspecified atom stereocenters. The van der Waals surface area contributed by atoms with Gasteiger partial charge in [-0.15, -0.1) is 0 Å². The number of anilines is 2. The summed E-state index contributed by atoms with van der Waals surface area (Å²) >= 11 is 3.40. The van der Waals surface area contributed by atoms with Crippen molar-refractivity contribution in [2.75, 3.05) is 10.6 Å². The molecule has 0 aromatic heterocycles. The number of hydrogen-bond acceptors (Lipinski definition) is 2. The lowest BCUT2D eigenvalue weighted by Gasteiger charge is -2.04. The maximum Gasteiger partial charge on any atom is 0.231 e. The minimum Gasteiger partial charge on any atom is -0.325 e. The van der Waals surface area contributed by atoms with Gasteiger partial charge in [0.15, 0.2) is 0 Å². The Hall–Kier alpha value is -2.14. The van der Waals surface area contributed by atoms with Crippen LogP contribution >= 0.6 is 15.9 Å². The lowest BCUT2D eigenvalue weighted by Crippen LogP contribution is -2.10. The van der Waals surface area contributed by atoms with Crippen LogP contribution in [0.3, 0.4) is 0 Å². The van der Waals surface area contributed by atoms with Crippen LogP contribution in [0.15, 0.2) is 46.9 Å². The highest BCUT2D eigenvalue weighted by Gasteiger charge is 2.29. The average Bonchev–Trinajstić information content (AvgIpc) is 3.09. The summed E-state index contributed by atoms with van der Waals surface area (Å²) < 4.78 is 1.03. The largest absolute Gasteiger partial charge is 0.325 e. The van der Waals surface area contributed by atoms with Crippen LogP contribution in [0, 0.1) is 0 Å². The first-order chi connectivity index (χ1) is 12.0. The molecule has 2 atom stereocenters. The molecule has 5 heteroatoms. The molecule has 2 aromatic carbocycles. The molecule has 25 heavy (non-hydrogen) atoms. The third-order valence-corrected chi connectivity index (χ3v) is 5.18. The van der Waals surface area contributed by atoms with Crippen molar-refractivity contribution in [3.63, 3.8) is 0 Å². The summed E-state index contributed by atoms with van der Waals surface area (Å²) in [5, 5.41) is 5.73. The number of rotatable bonds is 2. The molecule has 0 aliphatic carbocycles. The molecule has 2 aromatic rings. The molecule has 0 saturated carbocycles. The Morgan fingerprint density at radius 3 is 2.04 bits per heavy atom. The van der Waals surface area contributed by atoms with E-state index in [-0.39, 0.29) is 23.7 Å². The van der Waals surface area contributed by atoms with Crippen molar-refractivity contribution < 1.29 is 9.59 Å². The van der Waals surface area contributed by atoms with Gasteiger partial charge in [0.2, 0.25) is 11.8 Å². The second kappa shape index (κ2) is 7.40. The van der Waals surface area contributed by atoms with E-state index in [4.69, 9.17) is 0 Å². The molecular formula is C20H21BrN2O2. The molecule has 0 spiro atoms. The van der Waals surface area contributed by atoms with Gasteiger partial charge in [-0.25, -0.2) is 0 Å². The first-order valence-electron chi connectivity index (χ1n) is 8.55. The van der Waals surface area contributed by atoms with E-state index in [1.54, 1.807) is 0 Å². The smallest absolute Gasteiger partial charge is 0.231 e. The van der Waals surface area contributed by atoms with Gasteiger partial charge < -0.3 is 10.6 Å². The van der Waals surface area contributed by atoms with Gasteiger partial charge >= 0.3 is 0 Å². The van der Waals surface area contributed by atoms with E-state index in [2.05, 4.69) is 26.6 Å². The van der Waals surface area contributed by atoms with Crippen molar-refractivity contribution in [3.05, 3.63) is 58.1 Å². The van der Waals surface area contributed by atoms with Crippen molar-refractivity contribution in [2.24, 2.45) is 0 Å². The lowest BCUT2D eigenvalue weighted by molar-refractivity contribution is -0.117. The van der Waals surface area contributed by atoms with Crippen LogP contribution in [-0.4, -0.2) is 11.8 Å². The van der Waals surface area contributed by atoms with Crippen LogP contribution in [0.5, 0.6) is 0 Å². The van der Waals surface area contributed by atoms with Gasteiger partial charge in [-0.05, 0) is 48.2 Å². The normalized spacial score (nSPS) is 20.1. The van der Waals surface area contributed by atoms with Gasteiger partial charge in [-0.1, -0.05) is 48.0 Å². The molecule has 130 valence electrons. The predicted octanol–water partition coefficient (Wildman–Crippen LogP) is 5.03. The molecule has 2 N–H and O–H groups in total. The number of nitrogens with one attached hydrogen (secondary N) is 2. The molecule has 2 aliphatic rings. The highest BCUT2D eigenvalue weighted by molar-refractivity contribution is 9.10. The monoisotopic (exact) mass is 400 g/mol. The third-order valence-electron chi connectivity index (χ3n) is 4.69. The summed E-state index contributed by atoms with van der Waals surface area (Å²) in [5.41, 5.74) is 4.20. The van der Waals surface area contributed by atoms with E-state index in [0.29, 0.717) is 0 Å². The molecule has 0 fully saturated rings. The Morgan fingerprint density at radius 1 is 0.840 bits per heavy atom. The van der Waals surface area contributed by atoms with E-state index < -0.39 is 0 Å². The Labute approximate surface area is 156 Å². The Kier molecular flexibility index (Phi) is 5.23. The molecule has 4 nitrogen and oxygen atoms in total. The number of carbonyl (C=O) groups excluding carboxylic acids is 2. The fourth-order valence-corrected chi connectivity index (χ4v) is 3.76. The highest BCUT2D eigenvalue weighted by atomic mass is 79.9. The van der Waals surface area contributed by atoms with E-state index in [0.717, 1.165) is 39.8 Å². The highest BCUT2D eigenvalue weighted by Crippen LogP contribution is 2.36. The number of benzene rings is 2. The number of fused-ring (bicyclic) bond motifs is 2. The third kappa shape index (κ3) is 3.47. The zero-order chi connectivity index (χ0) is 18.0. The maximum atomic E-state index is 11.4. The van der Waals surface area contributed by atoms with Crippen molar-refractivity contribution in [1.82, 2.24) is 0 Å². The standard InChI is InChI=1S/C10H10BrNO.C10H11NO/c1-2-7-8-5-6(11)3-4-9(8)12-10(7)13;1-2-7-8-5-3-4-6-9(8)11-10(7)12/h3-5,7H,2H2,1H3,(H,12,13);3-7H,2H2,1H3,(H,11,12). The van der Waals surface area contributed by atoms with Gasteiger partial charge in [0.05, 0.1) is 11.8 Å². The van der Waals surface area contributed by atoms with E-state index in [9.17, 15) is 9.59 Å². The summed E-state index contributed by atoms with van der Waals surface area (Å²) in [6, 6.07) is 13.8. The molecule has 4 rings (SSSR count). The summed E-state index contributed by atoms with van der Waals surface area (Å²) in [5.74, 6) is 0.364. The Morgan fingerprint density at radius 2 is 1.40 bits per heavy atom. The van der Waals surface area contributed by atoms with Gasteiger partial charge in [0.1, 0.15) is 0 Å². The molecule has 0 bridgehead atoms. The second-order valence-corrected chi connectivity index (χ2v) is 7.13. The number of hydrogen-bond donors (Lipinski definition) is 2. The van der Waals surface area contributed by atoms with Gasteiger partial charge in [0, 0.05) is 15.8 Å². The van der Waals surface area contributed by atoms with Crippen LogP contribution in [-0.2, 0) is 9.59 Å². The number of halogens is 1. The molecular weight excluding hydrogens is 380 g/mol.